The maximum absolute atomic E-state index is 13.3. The Morgan fingerprint density at radius 1 is 1.41 bits per heavy atom. The van der Waals surface area contributed by atoms with Crippen LogP contribution in [0.4, 0.5) is 0 Å². The maximum atomic E-state index is 13.3. The summed E-state index contributed by atoms with van der Waals surface area (Å²) in [5.74, 6) is -4.88. The zero-order valence-electron chi connectivity index (χ0n) is 23.2. The van der Waals surface area contributed by atoms with Gasteiger partial charge in [-0.2, -0.15) is 0 Å². The van der Waals surface area contributed by atoms with Gasteiger partial charge in [-0.15, -0.1) is 0 Å². The highest BCUT2D eigenvalue weighted by molar-refractivity contribution is 5.93. The van der Waals surface area contributed by atoms with E-state index in [1.165, 1.54) is 34.7 Å². The minimum atomic E-state index is -2.71. The topological polar surface area (TPSA) is 86.7 Å². The summed E-state index contributed by atoms with van der Waals surface area (Å²) in [4.78, 5) is 39.6. The summed E-state index contributed by atoms with van der Waals surface area (Å²) in [7, 11) is 1.24. The first-order valence-corrected chi connectivity index (χ1v) is 8.76. The molecular weight excluding hydrogens is 344 g/mol. The first-order valence-electron chi connectivity index (χ1n) is 12.3. The highest BCUT2D eigenvalue weighted by atomic mass is 16.3. The smallest absolute Gasteiger partial charge is 0.249 e. The lowest BCUT2D eigenvalue weighted by Crippen LogP contribution is -2.44. The van der Waals surface area contributed by atoms with Crippen molar-refractivity contribution in [1.29, 1.82) is 0 Å². The number of aliphatic hydroxyl groups is 1. The van der Waals surface area contributed by atoms with Crippen LogP contribution in [0.5, 0.6) is 0 Å². The molecule has 1 aromatic carbocycles. The van der Waals surface area contributed by atoms with Crippen LogP contribution < -0.4 is 5.32 Å². The predicted molar refractivity (Wildman–Crippen MR) is 103 cm³/mol. The van der Waals surface area contributed by atoms with E-state index in [1.807, 2.05) is 0 Å². The van der Waals surface area contributed by atoms with Crippen molar-refractivity contribution in [3.05, 3.63) is 35.3 Å². The molecule has 1 aliphatic rings. The van der Waals surface area contributed by atoms with Crippen LogP contribution in [0.2, 0.25) is 0 Å². The van der Waals surface area contributed by atoms with Gasteiger partial charge in [0.2, 0.25) is 11.8 Å². The van der Waals surface area contributed by atoms with E-state index in [4.69, 9.17) is 9.60 Å². The van der Waals surface area contributed by atoms with Gasteiger partial charge in [-0.3, -0.25) is 14.4 Å². The molecule has 6 nitrogen and oxygen atoms in total. The molecule has 2 rings (SSSR count). The van der Waals surface area contributed by atoms with Crippen molar-refractivity contribution in [2.75, 3.05) is 7.05 Å². The average molecular weight is 382 g/mol. The van der Waals surface area contributed by atoms with Gasteiger partial charge in [0.15, 0.2) is 5.78 Å². The van der Waals surface area contributed by atoms with E-state index in [1.54, 1.807) is 0 Å². The van der Waals surface area contributed by atoms with Crippen molar-refractivity contribution in [3.8, 4) is 0 Å². The number of ketones is 1. The summed E-state index contributed by atoms with van der Waals surface area (Å²) >= 11 is 0. The molecule has 2 amide bonds. The Bertz CT molecular complexity index is 1040. The van der Waals surface area contributed by atoms with Gasteiger partial charge in [0.1, 0.15) is 12.1 Å². The van der Waals surface area contributed by atoms with Gasteiger partial charge in [0.05, 0.1) is 9.60 Å². The van der Waals surface area contributed by atoms with Crippen LogP contribution in [0.3, 0.4) is 0 Å². The molecule has 1 heterocycles. The normalized spacial score (nSPS) is 32.3. The number of nitrogens with zero attached hydrogens (tertiary/aromatic N) is 1. The minimum Gasteiger partial charge on any atom is -0.385 e. The zero-order chi connectivity index (χ0) is 26.5. The molecule has 2 N–H and O–H groups in total. The third-order valence-electron chi connectivity index (χ3n) is 4.56. The molecule has 1 aliphatic heterocycles. The molecule has 148 valence electrons. The Morgan fingerprint density at radius 3 is 2.67 bits per heavy atom. The molecule has 0 saturated heterocycles. The van der Waals surface area contributed by atoms with Gasteiger partial charge in [0.25, 0.3) is 0 Å². The molecular formula is C21H30N2O4. The van der Waals surface area contributed by atoms with Crippen molar-refractivity contribution in [2.24, 2.45) is 11.8 Å². The standard InChI is InChI=1S/C21H30N2O4/c1-12(2)19(25)17(24)10-13(3)20(26)22-18-16-9-7-6-8-15(16)11-14(4)23(5)21(18)27/h6-9,12-14,18-19,25H,10-11H2,1-5H3,(H,22,26)/t13-,14?,18+,19+/m1/s1/i6D,7D,8D,9D,14D,18D,19D. The van der Waals surface area contributed by atoms with Crippen LogP contribution in [0.25, 0.3) is 0 Å². The van der Waals surface area contributed by atoms with E-state index in [-0.39, 0.29) is 12.0 Å². The lowest BCUT2D eigenvalue weighted by Gasteiger charge is -2.26. The number of carbonyl (C=O) groups is 3. The Labute approximate surface area is 170 Å². The first kappa shape index (κ1) is 13.0. The highest BCUT2D eigenvalue weighted by Crippen LogP contribution is 2.27. The zero-order valence-corrected chi connectivity index (χ0v) is 16.2. The van der Waals surface area contributed by atoms with E-state index in [2.05, 4.69) is 5.32 Å². The van der Waals surface area contributed by atoms with Crippen LogP contribution >= 0.6 is 0 Å². The van der Waals surface area contributed by atoms with Crippen LogP contribution in [0, 0.1) is 11.8 Å². The van der Waals surface area contributed by atoms with Crippen molar-refractivity contribution in [1.82, 2.24) is 10.2 Å². The fourth-order valence-electron chi connectivity index (χ4n) is 2.67. The van der Waals surface area contributed by atoms with Crippen LogP contribution in [0.1, 0.15) is 60.9 Å². The number of nitrogens with one attached hydrogen (secondary N) is 1. The number of hydrogen-bond donors (Lipinski definition) is 2. The third kappa shape index (κ3) is 4.75. The number of fused-ring (bicyclic) bond motifs is 1. The minimum absolute atomic E-state index is 0.138. The van der Waals surface area contributed by atoms with Crippen molar-refractivity contribution in [3.63, 3.8) is 0 Å². The lowest BCUT2D eigenvalue weighted by atomic mass is 9.94. The highest BCUT2D eigenvalue weighted by Gasteiger charge is 2.34. The SMILES string of the molecule is [2H]c1c([2H])c([2H])c2c(c1[2H])CC([2H])(C)N(C)C(=O)[C@@]2([2H])NC(=O)[C@H](C)CC(=O)[C@@]([2H])(O)C(C)C. The second-order valence-corrected chi connectivity index (χ2v) is 7.06. The predicted octanol–water partition coefficient (Wildman–Crippen LogP) is 1.86. The van der Waals surface area contributed by atoms with Crippen molar-refractivity contribution < 1.29 is 29.1 Å². The molecule has 0 bridgehead atoms. The molecule has 0 aliphatic carbocycles. The molecule has 4 atom stereocenters. The van der Waals surface area contributed by atoms with E-state index in [9.17, 15) is 19.5 Å². The number of amides is 2. The van der Waals surface area contributed by atoms with E-state index >= 15 is 0 Å². The largest absolute Gasteiger partial charge is 0.385 e. The van der Waals surface area contributed by atoms with Crippen molar-refractivity contribution >= 4 is 17.6 Å². The lowest BCUT2D eigenvalue weighted by molar-refractivity contribution is -0.138. The molecule has 1 aromatic rings. The quantitative estimate of drug-likeness (QED) is 0.787. The van der Waals surface area contributed by atoms with Gasteiger partial charge >= 0.3 is 0 Å². The second-order valence-electron chi connectivity index (χ2n) is 7.06. The molecule has 0 spiro atoms. The summed E-state index contributed by atoms with van der Waals surface area (Å²) in [6.45, 7) is 5.60. The van der Waals surface area contributed by atoms with Gasteiger partial charge in [-0.1, -0.05) is 44.9 Å². The summed E-state index contributed by atoms with van der Waals surface area (Å²) in [5.41, 5.74) is -0.599. The first-order chi connectivity index (χ1) is 15.3. The fourth-order valence-corrected chi connectivity index (χ4v) is 2.67. The van der Waals surface area contributed by atoms with Gasteiger partial charge in [0, 0.05) is 25.4 Å². The maximum Gasteiger partial charge on any atom is 0.249 e. The monoisotopic (exact) mass is 381 g/mol. The van der Waals surface area contributed by atoms with Gasteiger partial charge in [-0.05, 0) is 30.4 Å². The van der Waals surface area contributed by atoms with Crippen molar-refractivity contribution in [2.45, 2.75) is 58.7 Å². The summed E-state index contributed by atoms with van der Waals surface area (Å²) in [6.07, 6.45) is -3.30. The molecule has 6 heteroatoms. The number of hydrogen-bond acceptors (Lipinski definition) is 4. The average Bonchev–Trinajstić information content (AvgIpc) is 2.78. The van der Waals surface area contributed by atoms with E-state index in [0.29, 0.717) is 0 Å². The van der Waals surface area contributed by atoms with Gasteiger partial charge < -0.3 is 15.3 Å². The van der Waals surface area contributed by atoms with E-state index < -0.39 is 83.7 Å². The Morgan fingerprint density at radius 2 is 2.04 bits per heavy atom. The Hall–Kier alpha value is -2.21. The van der Waals surface area contributed by atoms with Crippen LogP contribution in [-0.2, 0) is 20.8 Å². The summed E-state index contributed by atoms with van der Waals surface area (Å²) in [6, 6.07) is -6.87. The molecule has 0 aromatic heterocycles. The summed E-state index contributed by atoms with van der Waals surface area (Å²) < 4.78 is 57.8. The van der Waals surface area contributed by atoms with Crippen LogP contribution in [0.15, 0.2) is 24.2 Å². The molecule has 0 radical (unpaired) electrons. The third-order valence-corrected chi connectivity index (χ3v) is 4.56. The number of benzene rings is 1. The molecule has 0 fully saturated rings. The fraction of sp³-hybridized carbons (Fsp3) is 0.571. The number of Topliss-reactive ketones (excluding diaryl/α,β-unsaturated/α-hetero) is 1. The molecule has 27 heavy (non-hydrogen) atoms. The summed E-state index contributed by atoms with van der Waals surface area (Å²) in [5, 5.41) is 12.3. The molecule has 1 unspecified atom stereocenters. The number of likely N-dealkylation sites (N-methyl/N-ethyl adjacent to an activating group) is 1. The van der Waals surface area contributed by atoms with E-state index in [0.717, 1.165) is 4.90 Å². The Kier molecular flexibility index (Phi) is 4.18. The number of rotatable bonds is 6. The van der Waals surface area contributed by atoms with Gasteiger partial charge in [-0.25, -0.2) is 0 Å². The molecule has 0 saturated carbocycles. The second kappa shape index (κ2) is 8.65. The Balaban J connectivity index is 2.59. The number of carbonyl (C=O) groups excluding carboxylic acids is 3. The van der Waals surface area contributed by atoms with Crippen LogP contribution in [-0.4, -0.2) is 46.7 Å².